The van der Waals surface area contributed by atoms with Gasteiger partial charge in [-0.15, -0.1) is 12.4 Å². The number of nitrogens with one attached hydrogen (secondary N) is 2. The van der Waals surface area contributed by atoms with E-state index in [9.17, 15) is 4.79 Å². The van der Waals surface area contributed by atoms with Crippen LogP contribution in [-0.4, -0.2) is 55.1 Å². The Bertz CT molecular complexity index is 1060. The summed E-state index contributed by atoms with van der Waals surface area (Å²) in [6.07, 6.45) is 0.915. The Hall–Kier alpha value is -2.18. The number of carbonyl (C=O) groups is 1. The average Bonchev–Trinajstić information content (AvgIpc) is 3.21. The first-order chi connectivity index (χ1) is 15.5. The number of nitrogens with zero attached hydrogens (tertiary/aromatic N) is 2. The van der Waals surface area contributed by atoms with E-state index >= 15 is 0 Å². The predicted molar refractivity (Wildman–Crippen MR) is 140 cm³/mol. The molecule has 0 aliphatic carbocycles. The SMILES string of the molecule is Cc1[nH]c(-c2ccccc2)cc1C(=O)NCCCN1CCN(c2cccc(Cl)c2Cl)CC1.Cl. The van der Waals surface area contributed by atoms with Gasteiger partial charge in [-0.1, -0.05) is 59.6 Å². The molecule has 0 bridgehead atoms. The minimum absolute atomic E-state index is 0. The van der Waals surface area contributed by atoms with Crippen molar-refractivity contribution in [3.63, 3.8) is 0 Å². The molecular formula is C25H29Cl3N4O. The number of carbonyl (C=O) groups excluding carboxylic acids is 1. The Kier molecular flexibility index (Phi) is 9.10. The maximum atomic E-state index is 12.6. The Balaban J connectivity index is 0.00000306. The van der Waals surface area contributed by atoms with E-state index in [-0.39, 0.29) is 18.3 Å². The van der Waals surface area contributed by atoms with E-state index in [1.807, 2.05) is 61.5 Å². The Morgan fingerprint density at radius 1 is 1.03 bits per heavy atom. The number of piperazine rings is 1. The van der Waals surface area contributed by atoms with Crippen LogP contribution in [0.2, 0.25) is 10.0 Å². The summed E-state index contributed by atoms with van der Waals surface area (Å²) in [5.41, 5.74) is 4.63. The monoisotopic (exact) mass is 506 g/mol. The largest absolute Gasteiger partial charge is 0.368 e. The van der Waals surface area contributed by atoms with Gasteiger partial charge in [-0.25, -0.2) is 0 Å². The van der Waals surface area contributed by atoms with Gasteiger partial charge in [-0.2, -0.15) is 0 Å². The van der Waals surface area contributed by atoms with Crippen LogP contribution in [-0.2, 0) is 0 Å². The van der Waals surface area contributed by atoms with E-state index in [0.29, 0.717) is 22.2 Å². The summed E-state index contributed by atoms with van der Waals surface area (Å²) in [5, 5.41) is 4.28. The van der Waals surface area contributed by atoms with E-state index in [1.54, 1.807) is 0 Å². The first kappa shape index (κ1) is 25.4. The van der Waals surface area contributed by atoms with Crippen LogP contribution in [0.5, 0.6) is 0 Å². The zero-order chi connectivity index (χ0) is 22.5. The minimum Gasteiger partial charge on any atom is -0.368 e. The number of halogens is 3. The molecule has 0 atom stereocenters. The molecule has 0 spiro atoms. The van der Waals surface area contributed by atoms with Crippen molar-refractivity contribution in [3.05, 3.63) is 75.9 Å². The summed E-state index contributed by atoms with van der Waals surface area (Å²) < 4.78 is 0. The predicted octanol–water partition coefficient (Wildman–Crippen LogP) is 5.66. The topological polar surface area (TPSA) is 51.4 Å². The molecule has 1 aliphatic rings. The minimum atomic E-state index is -0.0265. The second-order valence-electron chi connectivity index (χ2n) is 8.10. The molecule has 8 heteroatoms. The summed E-state index contributed by atoms with van der Waals surface area (Å²) in [6.45, 7) is 7.31. The van der Waals surface area contributed by atoms with Gasteiger partial charge in [0.05, 0.1) is 21.3 Å². The van der Waals surface area contributed by atoms with Crippen LogP contribution in [0.4, 0.5) is 5.69 Å². The Morgan fingerprint density at radius 3 is 2.48 bits per heavy atom. The number of hydrogen-bond donors (Lipinski definition) is 2. The van der Waals surface area contributed by atoms with E-state index < -0.39 is 0 Å². The second kappa shape index (κ2) is 11.8. The van der Waals surface area contributed by atoms with Gasteiger partial charge in [0.15, 0.2) is 0 Å². The highest BCUT2D eigenvalue weighted by Gasteiger charge is 2.19. The third-order valence-electron chi connectivity index (χ3n) is 5.93. The van der Waals surface area contributed by atoms with Gasteiger partial charge in [0.25, 0.3) is 5.91 Å². The van der Waals surface area contributed by atoms with Crippen LogP contribution in [0.15, 0.2) is 54.6 Å². The van der Waals surface area contributed by atoms with Crippen LogP contribution >= 0.6 is 35.6 Å². The van der Waals surface area contributed by atoms with Crippen molar-refractivity contribution in [1.29, 1.82) is 0 Å². The van der Waals surface area contributed by atoms with E-state index in [4.69, 9.17) is 23.2 Å². The van der Waals surface area contributed by atoms with E-state index in [1.165, 1.54) is 0 Å². The number of amides is 1. The third-order valence-corrected chi connectivity index (χ3v) is 6.73. The molecule has 2 heterocycles. The second-order valence-corrected chi connectivity index (χ2v) is 8.88. The fourth-order valence-corrected chi connectivity index (χ4v) is 4.53. The van der Waals surface area contributed by atoms with Crippen molar-refractivity contribution in [3.8, 4) is 11.3 Å². The van der Waals surface area contributed by atoms with Gasteiger partial charge < -0.3 is 15.2 Å². The first-order valence-electron chi connectivity index (χ1n) is 11.0. The summed E-state index contributed by atoms with van der Waals surface area (Å²) in [7, 11) is 0. The fraction of sp³-hybridized carbons (Fsp3) is 0.320. The lowest BCUT2D eigenvalue weighted by molar-refractivity contribution is 0.0951. The van der Waals surface area contributed by atoms with Crippen LogP contribution in [0.1, 0.15) is 22.5 Å². The number of aryl methyl sites for hydroxylation is 1. The fourth-order valence-electron chi connectivity index (χ4n) is 4.12. The lowest BCUT2D eigenvalue weighted by atomic mass is 10.1. The number of hydrogen-bond acceptors (Lipinski definition) is 3. The molecule has 0 radical (unpaired) electrons. The maximum absolute atomic E-state index is 12.6. The molecule has 2 N–H and O–H groups in total. The third kappa shape index (κ3) is 6.24. The number of anilines is 1. The maximum Gasteiger partial charge on any atom is 0.253 e. The molecule has 1 fully saturated rings. The van der Waals surface area contributed by atoms with Gasteiger partial charge in [-0.05, 0) is 43.7 Å². The highest BCUT2D eigenvalue weighted by molar-refractivity contribution is 6.43. The lowest BCUT2D eigenvalue weighted by Gasteiger charge is -2.36. The van der Waals surface area contributed by atoms with Crippen molar-refractivity contribution < 1.29 is 4.79 Å². The Morgan fingerprint density at radius 2 is 1.76 bits per heavy atom. The molecular weight excluding hydrogens is 479 g/mol. The summed E-state index contributed by atoms with van der Waals surface area (Å²) in [4.78, 5) is 20.7. The van der Waals surface area contributed by atoms with Crippen LogP contribution < -0.4 is 10.2 Å². The summed E-state index contributed by atoms with van der Waals surface area (Å²) in [5.74, 6) is -0.0265. The number of aromatic nitrogens is 1. The molecule has 4 rings (SSSR count). The highest BCUT2D eigenvalue weighted by atomic mass is 35.5. The number of rotatable bonds is 7. The molecule has 0 saturated carbocycles. The van der Waals surface area contributed by atoms with Crippen LogP contribution in [0.3, 0.4) is 0 Å². The number of benzene rings is 2. The summed E-state index contributed by atoms with van der Waals surface area (Å²) in [6, 6.07) is 17.7. The molecule has 1 aliphatic heterocycles. The average molecular weight is 508 g/mol. The highest BCUT2D eigenvalue weighted by Crippen LogP contribution is 2.32. The van der Waals surface area contributed by atoms with Crippen molar-refractivity contribution >= 4 is 47.2 Å². The van der Waals surface area contributed by atoms with Crippen LogP contribution in [0, 0.1) is 6.92 Å². The zero-order valence-electron chi connectivity index (χ0n) is 18.6. The van der Waals surface area contributed by atoms with Gasteiger partial charge in [0, 0.05) is 44.1 Å². The van der Waals surface area contributed by atoms with E-state index in [2.05, 4.69) is 20.1 Å². The Labute approximate surface area is 211 Å². The van der Waals surface area contributed by atoms with Crippen molar-refractivity contribution in [2.75, 3.05) is 44.2 Å². The molecule has 2 aromatic carbocycles. The smallest absolute Gasteiger partial charge is 0.253 e. The number of H-pyrrole nitrogens is 1. The standard InChI is InChI=1S/C25H28Cl2N4O.ClH/c1-18-20(17-22(29-18)19-7-3-2-4-8-19)25(32)28-11-6-12-30-13-15-31(16-14-30)23-10-5-9-21(26)24(23)27;/h2-5,7-10,17,29H,6,11-16H2,1H3,(H,28,32);1H. The van der Waals surface area contributed by atoms with Crippen molar-refractivity contribution in [1.82, 2.24) is 15.2 Å². The molecule has 1 aromatic heterocycles. The van der Waals surface area contributed by atoms with Gasteiger partial charge >= 0.3 is 0 Å². The van der Waals surface area contributed by atoms with Crippen molar-refractivity contribution in [2.45, 2.75) is 13.3 Å². The molecule has 33 heavy (non-hydrogen) atoms. The van der Waals surface area contributed by atoms with Crippen LogP contribution in [0.25, 0.3) is 11.3 Å². The molecule has 0 unspecified atom stereocenters. The van der Waals surface area contributed by atoms with Crippen molar-refractivity contribution in [2.24, 2.45) is 0 Å². The lowest BCUT2D eigenvalue weighted by Crippen LogP contribution is -2.47. The molecule has 1 amide bonds. The molecule has 1 saturated heterocycles. The normalized spacial score (nSPS) is 14.1. The van der Waals surface area contributed by atoms with Gasteiger partial charge in [-0.3, -0.25) is 9.69 Å². The quantitative estimate of drug-likeness (QED) is 0.406. The van der Waals surface area contributed by atoms with Gasteiger partial charge in [0.2, 0.25) is 0 Å². The summed E-state index contributed by atoms with van der Waals surface area (Å²) >= 11 is 12.5. The number of aromatic amines is 1. The molecule has 3 aromatic rings. The first-order valence-corrected chi connectivity index (χ1v) is 11.7. The molecule has 5 nitrogen and oxygen atoms in total. The molecule has 176 valence electrons. The van der Waals surface area contributed by atoms with Gasteiger partial charge in [0.1, 0.15) is 0 Å². The zero-order valence-corrected chi connectivity index (χ0v) is 20.9. The van der Waals surface area contributed by atoms with E-state index in [0.717, 1.165) is 61.8 Å².